The van der Waals surface area contributed by atoms with Gasteiger partial charge < -0.3 is 14.4 Å². The number of amides is 1. The fourth-order valence-electron chi connectivity index (χ4n) is 2.73. The third-order valence-electron chi connectivity index (χ3n) is 3.65. The Morgan fingerprint density at radius 2 is 1.95 bits per heavy atom. The van der Waals surface area contributed by atoms with Crippen molar-refractivity contribution in [2.45, 2.75) is 11.8 Å². The van der Waals surface area contributed by atoms with E-state index in [1.165, 1.54) is 0 Å². The lowest BCUT2D eigenvalue weighted by Gasteiger charge is -2.31. The number of rotatable bonds is 2. The maximum atomic E-state index is 12.1. The van der Waals surface area contributed by atoms with Crippen molar-refractivity contribution < 1.29 is 18.5 Å². The number of methoxy groups -OCH3 is 2. The molecule has 102 valence electrons. The van der Waals surface area contributed by atoms with E-state index < -0.39 is 10.8 Å². The van der Waals surface area contributed by atoms with Crippen LogP contribution in [0, 0.1) is 0 Å². The molecule has 19 heavy (non-hydrogen) atoms. The molecule has 2 aliphatic rings. The minimum Gasteiger partial charge on any atom is -0.493 e. The summed E-state index contributed by atoms with van der Waals surface area (Å²) in [6, 6.07) is 3.77. The highest BCUT2D eigenvalue weighted by molar-refractivity contribution is 7.86. The summed E-state index contributed by atoms with van der Waals surface area (Å²) in [7, 11) is 2.00. The summed E-state index contributed by atoms with van der Waals surface area (Å²) < 4.78 is 22.7. The second-order valence-electron chi connectivity index (χ2n) is 4.62. The number of carbonyl (C=O) groups excluding carboxylic acids is 1. The molecule has 1 fully saturated rings. The summed E-state index contributed by atoms with van der Waals surface area (Å²) in [5.41, 5.74) is 2.01. The third-order valence-corrected chi connectivity index (χ3v) is 5.19. The third kappa shape index (κ3) is 1.82. The molecule has 6 heteroatoms. The molecule has 0 unspecified atom stereocenters. The van der Waals surface area contributed by atoms with Crippen molar-refractivity contribution in [3.63, 3.8) is 0 Å². The topological polar surface area (TPSA) is 55.8 Å². The smallest absolute Gasteiger partial charge is 0.236 e. The molecule has 0 N–H and O–H groups in total. The molecule has 0 spiro atoms. The van der Waals surface area contributed by atoms with Gasteiger partial charge in [-0.2, -0.15) is 0 Å². The van der Waals surface area contributed by atoms with Gasteiger partial charge in [0, 0.05) is 6.54 Å². The molecular weight excluding hydrogens is 266 g/mol. The Labute approximate surface area is 113 Å². The van der Waals surface area contributed by atoms with E-state index in [1.54, 1.807) is 19.1 Å². The standard InChI is InChI=1S/C13H15NO4S/c1-17-10-5-8-3-4-14-12(15)7-19(16)13(14)9(8)6-11(10)18-2/h5-6,13H,3-4,7H2,1-2H3/t13-,19-/m1/s1. The molecule has 1 amide bonds. The molecule has 0 aromatic heterocycles. The first kappa shape index (κ1) is 12.5. The van der Waals surface area contributed by atoms with Crippen molar-refractivity contribution in [1.82, 2.24) is 4.90 Å². The number of nitrogens with zero attached hydrogens (tertiary/aromatic N) is 1. The number of hydrogen-bond acceptors (Lipinski definition) is 4. The van der Waals surface area contributed by atoms with E-state index in [4.69, 9.17) is 9.47 Å². The van der Waals surface area contributed by atoms with E-state index in [9.17, 15) is 9.00 Å². The zero-order valence-electron chi connectivity index (χ0n) is 10.8. The Kier molecular flexibility index (Phi) is 2.97. The lowest BCUT2D eigenvalue weighted by atomic mass is 9.98. The number of hydrogen-bond donors (Lipinski definition) is 0. The number of carbonyl (C=O) groups is 1. The van der Waals surface area contributed by atoms with Crippen molar-refractivity contribution in [3.05, 3.63) is 23.3 Å². The molecule has 5 nitrogen and oxygen atoms in total. The van der Waals surface area contributed by atoms with Crippen LogP contribution in [0.2, 0.25) is 0 Å². The van der Waals surface area contributed by atoms with Gasteiger partial charge in [0.25, 0.3) is 0 Å². The maximum absolute atomic E-state index is 12.1. The second-order valence-corrected chi connectivity index (χ2v) is 6.12. The van der Waals surface area contributed by atoms with Crippen LogP contribution in [0.15, 0.2) is 12.1 Å². The molecule has 2 heterocycles. The van der Waals surface area contributed by atoms with Crippen LogP contribution in [0.25, 0.3) is 0 Å². The van der Waals surface area contributed by atoms with Crippen LogP contribution in [0.3, 0.4) is 0 Å². The molecular formula is C13H15NO4S. The van der Waals surface area contributed by atoms with Gasteiger partial charge in [0.05, 0.1) is 25.0 Å². The number of ether oxygens (including phenoxy) is 2. The summed E-state index contributed by atoms with van der Waals surface area (Å²) in [4.78, 5) is 13.5. The first-order valence-corrected chi connectivity index (χ1v) is 7.45. The van der Waals surface area contributed by atoms with Gasteiger partial charge >= 0.3 is 0 Å². The van der Waals surface area contributed by atoms with Gasteiger partial charge in [-0.25, -0.2) is 0 Å². The summed E-state index contributed by atoms with van der Waals surface area (Å²) in [5.74, 6) is 1.38. The van der Waals surface area contributed by atoms with Crippen LogP contribution < -0.4 is 9.47 Å². The zero-order chi connectivity index (χ0) is 13.6. The van der Waals surface area contributed by atoms with Gasteiger partial charge in [-0.15, -0.1) is 0 Å². The van der Waals surface area contributed by atoms with Crippen molar-refractivity contribution in [2.24, 2.45) is 0 Å². The molecule has 0 bridgehead atoms. The van der Waals surface area contributed by atoms with Gasteiger partial charge in [0.1, 0.15) is 11.1 Å². The van der Waals surface area contributed by atoms with Crippen molar-refractivity contribution >= 4 is 16.7 Å². The van der Waals surface area contributed by atoms with E-state index in [2.05, 4.69) is 0 Å². The van der Waals surface area contributed by atoms with Crippen LogP contribution >= 0.6 is 0 Å². The average Bonchev–Trinajstić information content (AvgIpc) is 2.72. The Morgan fingerprint density at radius 3 is 2.63 bits per heavy atom. The summed E-state index contributed by atoms with van der Waals surface area (Å²) in [6.07, 6.45) is 0.759. The van der Waals surface area contributed by atoms with Crippen molar-refractivity contribution in [1.29, 1.82) is 0 Å². The predicted octanol–water partition coefficient (Wildman–Crippen LogP) is 0.849. The predicted molar refractivity (Wildman–Crippen MR) is 70.7 cm³/mol. The highest BCUT2D eigenvalue weighted by Crippen LogP contribution is 2.41. The summed E-state index contributed by atoms with van der Waals surface area (Å²) in [6.45, 7) is 0.623. The SMILES string of the molecule is COc1cc2c(cc1OC)[C@@H]1N(CC2)C(=O)C[S@]1=O. The lowest BCUT2D eigenvalue weighted by Crippen LogP contribution is -2.35. The quantitative estimate of drug-likeness (QED) is 0.806. The van der Waals surface area contributed by atoms with Gasteiger partial charge in [-0.05, 0) is 29.7 Å². The number of benzene rings is 1. The van der Waals surface area contributed by atoms with E-state index in [0.29, 0.717) is 18.0 Å². The summed E-state index contributed by atoms with van der Waals surface area (Å²) >= 11 is 0. The van der Waals surface area contributed by atoms with Crippen LogP contribution in [0.1, 0.15) is 16.5 Å². The van der Waals surface area contributed by atoms with Gasteiger partial charge in [-0.1, -0.05) is 0 Å². The van der Waals surface area contributed by atoms with E-state index in [1.807, 2.05) is 12.1 Å². The maximum Gasteiger partial charge on any atom is 0.236 e. The molecule has 0 aliphatic carbocycles. The van der Waals surface area contributed by atoms with Gasteiger partial charge in [-0.3, -0.25) is 9.00 Å². The Bertz CT molecular complexity index is 572. The summed E-state index contributed by atoms with van der Waals surface area (Å²) in [5, 5.41) is -0.323. The van der Waals surface area contributed by atoms with Gasteiger partial charge in [0.2, 0.25) is 5.91 Å². The van der Waals surface area contributed by atoms with Gasteiger partial charge in [0.15, 0.2) is 11.5 Å². The fraction of sp³-hybridized carbons (Fsp3) is 0.462. The Morgan fingerprint density at radius 1 is 1.26 bits per heavy atom. The Balaban J connectivity index is 2.12. The van der Waals surface area contributed by atoms with Crippen LogP contribution in [0.5, 0.6) is 11.5 Å². The first-order valence-electron chi connectivity index (χ1n) is 6.07. The molecule has 0 radical (unpaired) electrons. The molecule has 0 saturated carbocycles. The van der Waals surface area contributed by atoms with Crippen molar-refractivity contribution in [3.8, 4) is 11.5 Å². The van der Waals surface area contributed by atoms with Crippen molar-refractivity contribution in [2.75, 3.05) is 26.5 Å². The number of fused-ring (bicyclic) bond motifs is 3. The second kappa shape index (κ2) is 4.52. The van der Waals surface area contributed by atoms with Crippen LogP contribution in [-0.2, 0) is 22.0 Å². The molecule has 2 aliphatic heterocycles. The zero-order valence-corrected chi connectivity index (χ0v) is 11.7. The fourth-order valence-corrected chi connectivity index (χ4v) is 4.31. The van der Waals surface area contributed by atoms with E-state index in [-0.39, 0.29) is 17.0 Å². The Hall–Kier alpha value is -1.56. The molecule has 1 aromatic rings. The monoisotopic (exact) mass is 281 g/mol. The lowest BCUT2D eigenvalue weighted by molar-refractivity contribution is -0.128. The normalized spacial score (nSPS) is 24.9. The largest absolute Gasteiger partial charge is 0.493 e. The molecule has 3 rings (SSSR count). The van der Waals surface area contributed by atoms with Crippen LogP contribution in [0.4, 0.5) is 0 Å². The minimum absolute atomic E-state index is 0.0243. The highest BCUT2D eigenvalue weighted by Gasteiger charge is 2.42. The average molecular weight is 281 g/mol. The molecule has 2 atom stereocenters. The van der Waals surface area contributed by atoms with E-state index in [0.717, 1.165) is 17.5 Å². The van der Waals surface area contributed by atoms with E-state index >= 15 is 0 Å². The first-order chi connectivity index (χ1) is 9.15. The minimum atomic E-state index is -1.17. The van der Waals surface area contributed by atoms with Crippen LogP contribution in [-0.4, -0.2) is 41.5 Å². The highest BCUT2D eigenvalue weighted by atomic mass is 32.2. The molecule has 1 aromatic carbocycles. The molecule has 1 saturated heterocycles.